The first-order valence-corrected chi connectivity index (χ1v) is 7.81. The van der Waals surface area contributed by atoms with E-state index >= 15 is 0 Å². The molecule has 1 aromatic carbocycles. The second-order valence-corrected chi connectivity index (χ2v) is 7.01. The van der Waals surface area contributed by atoms with Crippen molar-refractivity contribution < 1.29 is 4.79 Å². The summed E-state index contributed by atoms with van der Waals surface area (Å²) < 4.78 is 0. The minimum absolute atomic E-state index is 0.00110. The number of aromatic nitrogens is 2. The molecule has 22 heavy (non-hydrogen) atoms. The van der Waals surface area contributed by atoms with E-state index in [0.29, 0.717) is 11.4 Å². The van der Waals surface area contributed by atoms with Crippen LogP contribution in [0.1, 0.15) is 39.8 Å². The summed E-state index contributed by atoms with van der Waals surface area (Å²) in [6.07, 6.45) is 1.23. The predicted octanol–water partition coefficient (Wildman–Crippen LogP) is 4.67. The van der Waals surface area contributed by atoms with Crippen LogP contribution in [0.25, 0.3) is 11.3 Å². The summed E-state index contributed by atoms with van der Waals surface area (Å²) in [5.74, 6) is -0.00110. The quantitative estimate of drug-likeness (QED) is 0.860. The molecule has 1 aromatic heterocycles. The fourth-order valence-electron chi connectivity index (χ4n) is 2.25. The molecule has 0 aliphatic rings. The number of H-pyrrole nitrogens is 1. The molecular formula is C17H22ClN3O. The second kappa shape index (κ2) is 6.53. The van der Waals surface area contributed by atoms with Crippen LogP contribution >= 0.6 is 11.6 Å². The highest BCUT2D eigenvalue weighted by atomic mass is 35.5. The third kappa shape index (κ3) is 4.10. The van der Waals surface area contributed by atoms with Gasteiger partial charge in [-0.25, -0.2) is 0 Å². The summed E-state index contributed by atoms with van der Waals surface area (Å²) >= 11 is 5.93. The van der Waals surface area contributed by atoms with Gasteiger partial charge in [0.05, 0.1) is 11.4 Å². The molecule has 0 aliphatic heterocycles. The van der Waals surface area contributed by atoms with E-state index in [1.807, 2.05) is 52.0 Å². The molecule has 0 saturated carbocycles. The molecule has 2 aromatic rings. The highest BCUT2D eigenvalue weighted by molar-refractivity contribution is 6.30. The molecule has 5 heteroatoms. The van der Waals surface area contributed by atoms with Crippen molar-refractivity contribution in [3.05, 3.63) is 35.0 Å². The molecule has 4 nitrogen and oxygen atoms in total. The molecule has 0 saturated heterocycles. The smallest absolute Gasteiger partial charge is 0.225 e. The fourth-order valence-corrected chi connectivity index (χ4v) is 2.38. The molecule has 2 N–H and O–H groups in total. The minimum Gasteiger partial charge on any atom is -0.323 e. The zero-order chi connectivity index (χ0) is 16.3. The molecule has 0 spiro atoms. The van der Waals surface area contributed by atoms with Crippen LogP contribution in [0.4, 0.5) is 5.69 Å². The number of carbonyl (C=O) groups excluding carboxylic acids is 1. The van der Waals surface area contributed by atoms with Crippen molar-refractivity contribution in [2.24, 2.45) is 5.41 Å². The largest absolute Gasteiger partial charge is 0.323 e. The van der Waals surface area contributed by atoms with Gasteiger partial charge in [-0.3, -0.25) is 9.89 Å². The monoisotopic (exact) mass is 319 g/mol. The minimum atomic E-state index is -0.0549. The number of anilines is 1. The van der Waals surface area contributed by atoms with Crippen LogP contribution < -0.4 is 5.32 Å². The van der Waals surface area contributed by atoms with Crippen LogP contribution in [0.15, 0.2) is 24.3 Å². The Hall–Kier alpha value is -1.81. The lowest BCUT2D eigenvalue weighted by Crippen LogP contribution is -2.20. The van der Waals surface area contributed by atoms with E-state index < -0.39 is 0 Å². The maximum atomic E-state index is 12.3. The summed E-state index contributed by atoms with van der Waals surface area (Å²) in [5.41, 5.74) is 3.30. The first-order valence-electron chi connectivity index (χ1n) is 7.43. The lowest BCUT2D eigenvalue weighted by Gasteiger charge is -2.17. The van der Waals surface area contributed by atoms with Gasteiger partial charge in [0.25, 0.3) is 0 Å². The van der Waals surface area contributed by atoms with Crippen LogP contribution in [-0.2, 0) is 11.2 Å². The number of aromatic amines is 1. The number of halogens is 1. The van der Waals surface area contributed by atoms with Crippen molar-refractivity contribution in [2.45, 2.75) is 40.5 Å². The second-order valence-electron chi connectivity index (χ2n) is 6.57. The van der Waals surface area contributed by atoms with Crippen LogP contribution in [0, 0.1) is 5.41 Å². The molecule has 0 fully saturated rings. The number of aryl methyl sites for hydroxylation is 1. The molecule has 0 atom stereocenters. The molecule has 0 aliphatic carbocycles. The maximum absolute atomic E-state index is 12.3. The van der Waals surface area contributed by atoms with Crippen molar-refractivity contribution in [3.8, 4) is 11.3 Å². The first kappa shape index (κ1) is 16.6. The standard InChI is InChI=1S/C17H22ClN3O/c1-5-13-16(19-14(22)10-17(2,3)4)15(21-20-13)11-6-8-12(18)9-7-11/h6-9H,5,10H2,1-4H3,(H,19,22)(H,20,21). The molecule has 118 valence electrons. The van der Waals surface area contributed by atoms with Gasteiger partial charge in [-0.15, -0.1) is 0 Å². The van der Waals surface area contributed by atoms with Gasteiger partial charge in [-0.1, -0.05) is 51.4 Å². The number of nitrogens with one attached hydrogen (secondary N) is 2. The highest BCUT2D eigenvalue weighted by Crippen LogP contribution is 2.31. The third-order valence-corrected chi connectivity index (χ3v) is 3.52. The topological polar surface area (TPSA) is 57.8 Å². The zero-order valence-corrected chi connectivity index (χ0v) is 14.2. The van der Waals surface area contributed by atoms with Gasteiger partial charge >= 0.3 is 0 Å². The maximum Gasteiger partial charge on any atom is 0.225 e. The lowest BCUT2D eigenvalue weighted by molar-refractivity contribution is -0.117. The Balaban J connectivity index is 2.31. The van der Waals surface area contributed by atoms with Gasteiger partial charge in [-0.05, 0) is 24.0 Å². The van der Waals surface area contributed by atoms with Crippen LogP contribution in [-0.4, -0.2) is 16.1 Å². The normalized spacial score (nSPS) is 11.5. The van der Waals surface area contributed by atoms with Crippen LogP contribution in [0.3, 0.4) is 0 Å². The van der Waals surface area contributed by atoms with E-state index in [-0.39, 0.29) is 11.3 Å². The van der Waals surface area contributed by atoms with Crippen LogP contribution in [0.5, 0.6) is 0 Å². The highest BCUT2D eigenvalue weighted by Gasteiger charge is 2.20. The van der Waals surface area contributed by atoms with Gasteiger partial charge in [0.2, 0.25) is 5.91 Å². The Morgan fingerprint density at radius 3 is 2.45 bits per heavy atom. The van der Waals surface area contributed by atoms with E-state index in [2.05, 4.69) is 15.5 Å². The number of benzene rings is 1. The van der Waals surface area contributed by atoms with E-state index in [9.17, 15) is 4.79 Å². The average molecular weight is 320 g/mol. The summed E-state index contributed by atoms with van der Waals surface area (Å²) in [4.78, 5) is 12.3. The van der Waals surface area contributed by atoms with E-state index in [1.165, 1.54) is 0 Å². The molecule has 1 heterocycles. The van der Waals surface area contributed by atoms with Crippen molar-refractivity contribution >= 4 is 23.2 Å². The summed E-state index contributed by atoms with van der Waals surface area (Å²) in [6.45, 7) is 8.16. The summed E-state index contributed by atoms with van der Waals surface area (Å²) in [6, 6.07) is 7.44. The molecular weight excluding hydrogens is 298 g/mol. The number of rotatable bonds is 4. The van der Waals surface area contributed by atoms with Crippen molar-refractivity contribution in [1.82, 2.24) is 10.2 Å². The van der Waals surface area contributed by atoms with E-state index in [4.69, 9.17) is 11.6 Å². The van der Waals surface area contributed by atoms with Gasteiger partial charge in [-0.2, -0.15) is 5.10 Å². The SMILES string of the molecule is CCc1[nH]nc(-c2ccc(Cl)cc2)c1NC(=O)CC(C)(C)C. The third-order valence-electron chi connectivity index (χ3n) is 3.27. The Morgan fingerprint density at radius 2 is 1.91 bits per heavy atom. The van der Waals surface area contributed by atoms with Crippen molar-refractivity contribution in [2.75, 3.05) is 5.32 Å². The van der Waals surface area contributed by atoms with E-state index in [0.717, 1.165) is 29.1 Å². The van der Waals surface area contributed by atoms with Crippen molar-refractivity contribution in [1.29, 1.82) is 0 Å². The fraction of sp³-hybridized carbons (Fsp3) is 0.412. The summed E-state index contributed by atoms with van der Waals surface area (Å²) in [7, 11) is 0. The summed E-state index contributed by atoms with van der Waals surface area (Å²) in [5, 5.41) is 11.0. The first-order chi connectivity index (χ1) is 10.3. The van der Waals surface area contributed by atoms with Crippen LogP contribution in [0.2, 0.25) is 5.02 Å². The zero-order valence-electron chi connectivity index (χ0n) is 13.5. The number of hydrogen-bond acceptors (Lipinski definition) is 2. The Bertz CT molecular complexity index is 654. The van der Waals surface area contributed by atoms with E-state index in [1.54, 1.807) is 0 Å². The number of carbonyl (C=O) groups is 1. The van der Waals surface area contributed by atoms with Gasteiger partial charge in [0.15, 0.2) is 0 Å². The number of amides is 1. The van der Waals surface area contributed by atoms with Crippen molar-refractivity contribution in [3.63, 3.8) is 0 Å². The molecule has 0 radical (unpaired) electrons. The van der Waals surface area contributed by atoms with Gasteiger partial charge in [0, 0.05) is 17.0 Å². The molecule has 1 amide bonds. The Kier molecular flexibility index (Phi) is 4.91. The molecule has 0 unspecified atom stereocenters. The number of nitrogens with zero attached hydrogens (tertiary/aromatic N) is 1. The molecule has 2 rings (SSSR count). The lowest BCUT2D eigenvalue weighted by atomic mass is 9.92. The van der Waals surface area contributed by atoms with Gasteiger partial charge < -0.3 is 5.32 Å². The number of hydrogen-bond donors (Lipinski definition) is 2. The van der Waals surface area contributed by atoms with Gasteiger partial charge in [0.1, 0.15) is 5.69 Å². The molecule has 0 bridgehead atoms. The average Bonchev–Trinajstić information content (AvgIpc) is 2.80. The Labute approximate surface area is 136 Å². The Morgan fingerprint density at radius 1 is 1.27 bits per heavy atom. The predicted molar refractivity (Wildman–Crippen MR) is 91.1 cm³/mol.